The molecule has 3 N–H and O–H groups in total. The molecular formula is C9H18N2O2. The highest BCUT2D eigenvalue weighted by Gasteiger charge is 2.30. The molecule has 0 aliphatic heterocycles. The third-order valence-electron chi connectivity index (χ3n) is 2.88. The van der Waals surface area contributed by atoms with Crippen molar-refractivity contribution in [3.63, 3.8) is 0 Å². The number of nitrogens with two attached hydrogens (primary N) is 1. The Morgan fingerprint density at radius 1 is 1.46 bits per heavy atom. The topological polar surface area (TPSA) is 66.6 Å². The van der Waals surface area contributed by atoms with Gasteiger partial charge in [0.25, 0.3) is 0 Å². The maximum absolute atomic E-state index is 10.7. The zero-order chi connectivity index (χ0) is 10.1. The third kappa shape index (κ3) is 2.59. The van der Waals surface area contributed by atoms with Crippen molar-refractivity contribution < 1.29 is 10.0 Å². The molecule has 0 saturated heterocycles. The second-order valence-electron chi connectivity index (χ2n) is 4.58. The van der Waals surface area contributed by atoms with Gasteiger partial charge in [-0.15, -0.1) is 0 Å². The molecule has 0 spiro atoms. The first kappa shape index (κ1) is 10.3. The van der Waals surface area contributed by atoms with Crippen LogP contribution in [0.15, 0.2) is 0 Å². The average molecular weight is 186 g/mol. The van der Waals surface area contributed by atoms with Crippen molar-refractivity contribution in [2.75, 3.05) is 0 Å². The minimum atomic E-state index is -0.746. The van der Waals surface area contributed by atoms with Crippen LogP contribution in [-0.2, 0) is 0 Å². The van der Waals surface area contributed by atoms with E-state index >= 15 is 0 Å². The van der Waals surface area contributed by atoms with Crippen molar-refractivity contribution in [3.8, 4) is 0 Å². The predicted molar refractivity (Wildman–Crippen MR) is 49.2 cm³/mol. The van der Waals surface area contributed by atoms with Gasteiger partial charge in [0, 0.05) is 0 Å². The van der Waals surface area contributed by atoms with Crippen LogP contribution in [0.3, 0.4) is 0 Å². The van der Waals surface area contributed by atoms with Gasteiger partial charge in [-0.05, 0) is 31.1 Å². The highest BCUT2D eigenvalue weighted by molar-refractivity contribution is 5.70. The van der Waals surface area contributed by atoms with Gasteiger partial charge in [0.1, 0.15) is 0 Å². The van der Waals surface area contributed by atoms with E-state index < -0.39 is 6.03 Å². The number of nitrogens with zero attached hydrogens (tertiary/aromatic N) is 1. The Morgan fingerprint density at radius 3 is 2.31 bits per heavy atom. The van der Waals surface area contributed by atoms with Crippen LogP contribution >= 0.6 is 0 Å². The number of hydrogen-bond acceptors (Lipinski definition) is 2. The van der Waals surface area contributed by atoms with Crippen LogP contribution in [0.4, 0.5) is 4.79 Å². The van der Waals surface area contributed by atoms with Crippen molar-refractivity contribution >= 4 is 6.03 Å². The standard InChI is InChI=1S/C9H18N2O2/c1-9(2)5-3-7(4-6-9)11(13)8(10)12/h7,13H,3-6H2,1-2H3,(H2,10,12). The summed E-state index contributed by atoms with van der Waals surface area (Å²) in [7, 11) is 0. The zero-order valence-electron chi connectivity index (χ0n) is 8.29. The molecule has 13 heavy (non-hydrogen) atoms. The molecule has 0 unspecified atom stereocenters. The first-order valence-corrected chi connectivity index (χ1v) is 4.70. The predicted octanol–water partition coefficient (Wildman–Crippen LogP) is 1.73. The number of hydrogen-bond donors (Lipinski definition) is 2. The van der Waals surface area contributed by atoms with Crippen LogP contribution < -0.4 is 5.73 Å². The highest BCUT2D eigenvalue weighted by atomic mass is 16.5. The maximum Gasteiger partial charge on any atom is 0.338 e. The second kappa shape index (κ2) is 3.54. The number of hydroxylamine groups is 2. The van der Waals surface area contributed by atoms with Gasteiger partial charge >= 0.3 is 6.03 Å². The monoisotopic (exact) mass is 186 g/mol. The van der Waals surface area contributed by atoms with E-state index in [1.54, 1.807) is 0 Å². The molecule has 0 aromatic rings. The molecule has 76 valence electrons. The van der Waals surface area contributed by atoms with Crippen molar-refractivity contribution in [2.45, 2.75) is 45.6 Å². The minimum Gasteiger partial charge on any atom is -0.350 e. The van der Waals surface area contributed by atoms with Crippen LogP contribution in [0, 0.1) is 5.41 Å². The fourth-order valence-electron chi connectivity index (χ4n) is 1.81. The Kier molecular flexibility index (Phi) is 2.81. The summed E-state index contributed by atoms with van der Waals surface area (Å²) in [6, 6.07) is -0.824. The molecule has 4 nitrogen and oxygen atoms in total. The highest BCUT2D eigenvalue weighted by Crippen LogP contribution is 2.36. The quantitative estimate of drug-likeness (QED) is 0.483. The number of carbonyl (C=O) groups excluding carboxylic acids is 1. The van der Waals surface area contributed by atoms with Crippen LogP contribution in [0.1, 0.15) is 39.5 Å². The maximum atomic E-state index is 10.7. The summed E-state index contributed by atoms with van der Waals surface area (Å²) in [5.74, 6) is 0. The summed E-state index contributed by atoms with van der Waals surface area (Å²) in [4.78, 5) is 10.7. The van der Waals surface area contributed by atoms with E-state index in [0.29, 0.717) is 10.5 Å². The van der Waals surface area contributed by atoms with Gasteiger partial charge in [0.15, 0.2) is 0 Å². The molecule has 1 aliphatic carbocycles. The van der Waals surface area contributed by atoms with Gasteiger partial charge in [-0.3, -0.25) is 5.21 Å². The fraction of sp³-hybridized carbons (Fsp3) is 0.889. The van der Waals surface area contributed by atoms with E-state index in [2.05, 4.69) is 13.8 Å². The molecule has 1 rings (SSSR count). The Labute approximate surface area is 78.7 Å². The largest absolute Gasteiger partial charge is 0.350 e. The smallest absolute Gasteiger partial charge is 0.338 e. The van der Waals surface area contributed by atoms with Gasteiger partial charge in [0.2, 0.25) is 0 Å². The van der Waals surface area contributed by atoms with E-state index in [9.17, 15) is 10.0 Å². The van der Waals surface area contributed by atoms with Gasteiger partial charge in [-0.25, -0.2) is 9.86 Å². The third-order valence-corrected chi connectivity index (χ3v) is 2.88. The number of carbonyl (C=O) groups is 1. The number of urea groups is 1. The summed E-state index contributed by atoms with van der Waals surface area (Å²) in [6.07, 6.45) is 3.74. The zero-order valence-corrected chi connectivity index (χ0v) is 8.29. The molecule has 0 heterocycles. The van der Waals surface area contributed by atoms with E-state index in [4.69, 9.17) is 5.73 Å². The molecule has 0 aromatic carbocycles. The van der Waals surface area contributed by atoms with Crippen molar-refractivity contribution in [1.29, 1.82) is 0 Å². The first-order valence-electron chi connectivity index (χ1n) is 4.70. The number of rotatable bonds is 1. The van der Waals surface area contributed by atoms with E-state index in [-0.39, 0.29) is 6.04 Å². The summed E-state index contributed by atoms with van der Waals surface area (Å²) >= 11 is 0. The van der Waals surface area contributed by atoms with Gasteiger partial charge < -0.3 is 5.73 Å². The van der Waals surface area contributed by atoms with Crippen molar-refractivity contribution in [3.05, 3.63) is 0 Å². The van der Waals surface area contributed by atoms with Crippen LogP contribution in [0.25, 0.3) is 0 Å². The molecule has 1 aliphatic rings. The Bertz CT molecular complexity index is 194. The summed E-state index contributed by atoms with van der Waals surface area (Å²) in [6.45, 7) is 4.41. The van der Waals surface area contributed by atoms with Crippen molar-refractivity contribution in [1.82, 2.24) is 5.06 Å². The van der Waals surface area contributed by atoms with Crippen LogP contribution in [0.2, 0.25) is 0 Å². The van der Waals surface area contributed by atoms with Crippen molar-refractivity contribution in [2.24, 2.45) is 11.1 Å². The van der Waals surface area contributed by atoms with Gasteiger partial charge in [-0.2, -0.15) is 0 Å². The van der Waals surface area contributed by atoms with Gasteiger partial charge in [-0.1, -0.05) is 13.8 Å². The van der Waals surface area contributed by atoms with Crippen LogP contribution in [-0.4, -0.2) is 22.3 Å². The molecule has 0 atom stereocenters. The average Bonchev–Trinajstić information content (AvgIpc) is 2.03. The molecule has 4 heteroatoms. The lowest BCUT2D eigenvalue weighted by Crippen LogP contribution is -2.43. The van der Waals surface area contributed by atoms with E-state index in [1.807, 2.05) is 0 Å². The van der Waals surface area contributed by atoms with Gasteiger partial charge in [0.05, 0.1) is 6.04 Å². The lowest BCUT2D eigenvalue weighted by Gasteiger charge is -2.36. The fourth-order valence-corrected chi connectivity index (χ4v) is 1.81. The first-order chi connectivity index (χ1) is 5.92. The molecule has 1 saturated carbocycles. The van der Waals surface area contributed by atoms with E-state index in [0.717, 1.165) is 25.7 Å². The number of primary amides is 1. The molecule has 1 fully saturated rings. The molecular weight excluding hydrogens is 168 g/mol. The molecule has 0 bridgehead atoms. The van der Waals surface area contributed by atoms with E-state index in [1.165, 1.54) is 0 Å². The summed E-state index contributed by atoms with van der Waals surface area (Å²) < 4.78 is 0. The second-order valence-corrected chi connectivity index (χ2v) is 4.58. The minimum absolute atomic E-state index is 0.0782. The lowest BCUT2D eigenvalue weighted by atomic mass is 9.75. The molecule has 0 aromatic heterocycles. The SMILES string of the molecule is CC1(C)CCC(N(O)C(N)=O)CC1. The lowest BCUT2D eigenvalue weighted by molar-refractivity contribution is -0.0911. The Balaban J connectivity index is 2.45. The summed E-state index contributed by atoms with van der Waals surface area (Å²) in [5, 5.41) is 9.96. The normalized spacial score (nSPS) is 22.7. The molecule has 0 radical (unpaired) electrons. The number of amides is 2. The Hall–Kier alpha value is -0.770. The molecule has 2 amide bonds. The Morgan fingerprint density at radius 2 is 1.92 bits per heavy atom. The summed E-state index contributed by atoms with van der Waals surface area (Å²) in [5.41, 5.74) is 5.31. The van der Waals surface area contributed by atoms with Crippen LogP contribution in [0.5, 0.6) is 0 Å².